The van der Waals surface area contributed by atoms with Crippen LogP contribution in [-0.4, -0.2) is 41.4 Å². The first kappa shape index (κ1) is 15.4. The van der Waals surface area contributed by atoms with Crippen LogP contribution in [0.2, 0.25) is 0 Å². The summed E-state index contributed by atoms with van der Waals surface area (Å²) in [5.41, 5.74) is 1.23. The quantitative estimate of drug-likeness (QED) is 0.880. The van der Waals surface area contributed by atoms with E-state index in [0.29, 0.717) is 19.1 Å². The molecule has 1 aliphatic heterocycles. The highest BCUT2D eigenvalue weighted by Crippen LogP contribution is 2.25. The third kappa shape index (κ3) is 3.84. The Morgan fingerprint density at radius 3 is 2.68 bits per heavy atom. The largest absolute Gasteiger partial charge is 0.393 e. The zero-order valence-corrected chi connectivity index (χ0v) is 12.8. The van der Waals surface area contributed by atoms with Crippen molar-refractivity contribution in [2.45, 2.75) is 44.2 Å². The number of ether oxygens (including phenoxy) is 1. The monoisotopic (exact) mass is 304 g/mol. The molecule has 1 aromatic heterocycles. The van der Waals surface area contributed by atoms with E-state index in [-0.39, 0.29) is 24.0 Å². The summed E-state index contributed by atoms with van der Waals surface area (Å²) in [6.45, 7) is 1.29. The molecule has 1 amide bonds. The molecule has 3 rings (SSSR count). The molecule has 2 aliphatic rings. The van der Waals surface area contributed by atoms with Crippen LogP contribution < -0.4 is 5.32 Å². The van der Waals surface area contributed by atoms with Gasteiger partial charge in [0.15, 0.2) is 0 Å². The average molecular weight is 304 g/mol. The van der Waals surface area contributed by atoms with Gasteiger partial charge >= 0.3 is 0 Å². The summed E-state index contributed by atoms with van der Waals surface area (Å²) >= 11 is 0. The van der Waals surface area contributed by atoms with E-state index in [4.69, 9.17) is 4.74 Å². The molecule has 22 heavy (non-hydrogen) atoms. The van der Waals surface area contributed by atoms with Gasteiger partial charge in [-0.1, -0.05) is 0 Å². The predicted octanol–water partition coefficient (Wildman–Crippen LogP) is 1.31. The molecule has 0 radical (unpaired) electrons. The Kier molecular flexibility index (Phi) is 5.05. The van der Waals surface area contributed by atoms with Gasteiger partial charge in [-0.05, 0) is 49.8 Å². The van der Waals surface area contributed by atoms with Crippen LogP contribution in [0, 0.1) is 11.8 Å². The number of carbonyl (C=O) groups excluding carboxylic acids is 1. The van der Waals surface area contributed by atoms with Crippen LogP contribution in [0.15, 0.2) is 24.5 Å². The van der Waals surface area contributed by atoms with Crippen molar-refractivity contribution in [1.82, 2.24) is 10.3 Å². The van der Waals surface area contributed by atoms with Crippen LogP contribution in [0.1, 0.15) is 31.2 Å². The summed E-state index contributed by atoms with van der Waals surface area (Å²) in [6, 6.07) is 4.12. The molecule has 5 nitrogen and oxygen atoms in total. The van der Waals surface area contributed by atoms with E-state index in [1.807, 2.05) is 12.1 Å². The van der Waals surface area contributed by atoms with Gasteiger partial charge in [-0.2, -0.15) is 0 Å². The fraction of sp³-hybridized carbons (Fsp3) is 0.647. The minimum absolute atomic E-state index is 0.0468. The van der Waals surface area contributed by atoms with Crippen molar-refractivity contribution in [1.29, 1.82) is 0 Å². The third-order valence-electron chi connectivity index (χ3n) is 4.84. The molecule has 5 heteroatoms. The Hall–Kier alpha value is -1.46. The molecule has 0 spiro atoms. The first-order valence-corrected chi connectivity index (χ1v) is 8.17. The van der Waals surface area contributed by atoms with Gasteiger partial charge in [0.2, 0.25) is 5.91 Å². The van der Waals surface area contributed by atoms with Crippen molar-refractivity contribution >= 4 is 5.91 Å². The number of aliphatic hydroxyl groups is 1. The van der Waals surface area contributed by atoms with Gasteiger partial charge in [0.1, 0.15) is 0 Å². The molecule has 0 bridgehead atoms. The Balaban J connectivity index is 1.53. The average Bonchev–Trinajstić information content (AvgIpc) is 2.96. The van der Waals surface area contributed by atoms with Crippen molar-refractivity contribution in [2.24, 2.45) is 11.8 Å². The standard InChI is InChI=1S/C17H24N2O3/c20-15-3-1-13(2-4-15)17(21)19-16-11-22-10-14(16)9-12-5-7-18-8-6-12/h5-8,13-16,20H,1-4,9-11H2,(H,19,21)/t13?,14-,15?,16-/m1/s1. The number of pyridine rings is 1. The number of carbonyl (C=O) groups is 1. The van der Waals surface area contributed by atoms with E-state index in [1.165, 1.54) is 5.56 Å². The maximum absolute atomic E-state index is 12.4. The molecule has 1 saturated carbocycles. The van der Waals surface area contributed by atoms with Gasteiger partial charge in [-0.15, -0.1) is 0 Å². The van der Waals surface area contributed by atoms with Crippen molar-refractivity contribution in [3.05, 3.63) is 30.1 Å². The molecule has 0 aromatic carbocycles. The van der Waals surface area contributed by atoms with Gasteiger partial charge < -0.3 is 15.2 Å². The van der Waals surface area contributed by atoms with E-state index in [0.717, 1.165) is 32.1 Å². The molecule has 120 valence electrons. The van der Waals surface area contributed by atoms with Crippen LogP contribution >= 0.6 is 0 Å². The lowest BCUT2D eigenvalue weighted by molar-refractivity contribution is -0.127. The lowest BCUT2D eigenvalue weighted by atomic mass is 9.86. The molecule has 2 fully saturated rings. The molecular formula is C17H24N2O3. The summed E-state index contributed by atoms with van der Waals surface area (Å²) in [5, 5.41) is 12.7. The van der Waals surface area contributed by atoms with Gasteiger partial charge in [-0.3, -0.25) is 9.78 Å². The summed E-state index contributed by atoms with van der Waals surface area (Å²) in [5.74, 6) is 0.494. The van der Waals surface area contributed by atoms with Crippen molar-refractivity contribution in [2.75, 3.05) is 13.2 Å². The summed E-state index contributed by atoms with van der Waals surface area (Å²) in [7, 11) is 0. The molecule has 2 atom stereocenters. The zero-order valence-electron chi connectivity index (χ0n) is 12.8. The topological polar surface area (TPSA) is 71.5 Å². The first-order valence-electron chi connectivity index (χ1n) is 8.17. The molecule has 1 aromatic rings. The Morgan fingerprint density at radius 2 is 1.95 bits per heavy atom. The summed E-state index contributed by atoms with van der Waals surface area (Å²) in [6.07, 6.45) is 7.32. The molecule has 1 saturated heterocycles. The van der Waals surface area contributed by atoms with Crippen LogP contribution in [-0.2, 0) is 16.0 Å². The zero-order chi connectivity index (χ0) is 15.4. The third-order valence-corrected chi connectivity index (χ3v) is 4.84. The van der Waals surface area contributed by atoms with E-state index in [2.05, 4.69) is 10.3 Å². The highest BCUT2D eigenvalue weighted by atomic mass is 16.5. The van der Waals surface area contributed by atoms with Gasteiger partial charge in [0, 0.05) is 24.2 Å². The SMILES string of the molecule is O=C(N[C@@H]1COC[C@H]1Cc1ccncc1)C1CCC(O)CC1. The smallest absolute Gasteiger partial charge is 0.223 e. The van der Waals surface area contributed by atoms with Crippen LogP contribution in [0.3, 0.4) is 0 Å². The maximum Gasteiger partial charge on any atom is 0.223 e. The van der Waals surface area contributed by atoms with E-state index < -0.39 is 0 Å². The second-order valence-electron chi connectivity index (χ2n) is 6.48. The van der Waals surface area contributed by atoms with E-state index >= 15 is 0 Å². The summed E-state index contributed by atoms with van der Waals surface area (Å²) < 4.78 is 5.58. The van der Waals surface area contributed by atoms with Crippen LogP contribution in [0.25, 0.3) is 0 Å². The van der Waals surface area contributed by atoms with Crippen molar-refractivity contribution < 1.29 is 14.6 Å². The molecule has 1 aliphatic carbocycles. The van der Waals surface area contributed by atoms with Crippen LogP contribution in [0.5, 0.6) is 0 Å². The second kappa shape index (κ2) is 7.20. The van der Waals surface area contributed by atoms with E-state index in [9.17, 15) is 9.90 Å². The fourth-order valence-corrected chi connectivity index (χ4v) is 3.42. The maximum atomic E-state index is 12.4. The number of hydrogen-bond donors (Lipinski definition) is 2. The minimum atomic E-state index is -0.224. The Bertz CT molecular complexity index is 486. The number of nitrogens with zero attached hydrogens (tertiary/aromatic N) is 1. The number of aliphatic hydroxyl groups excluding tert-OH is 1. The lowest BCUT2D eigenvalue weighted by Gasteiger charge is -2.27. The number of aromatic nitrogens is 1. The molecular weight excluding hydrogens is 280 g/mol. The molecule has 2 N–H and O–H groups in total. The van der Waals surface area contributed by atoms with Crippen LogP contribution in [0.4, 0.5) is 0 Å². The van der Waals surface area contributed by atoms with Crippen molar-refractivity contribution in [3.8, 4) is 0 Å². The number of rotatable bonds is 4. The number of hydrogen-bond acceptors (Lipinski definition) is 4. The second-order valence-corrected chi connectivity index (χ2v) is 6.48. The Labute approximate surface area is 131 Å². The van der Waals surface area contributed by atoms with E-state index in [1.54, 1.807) is 12.4 Å². The highest BCUT2D eigenvalue weighted by molar-refractivity contribution is 5.79. The lowest BCUT2D eigenvalue weighted by Crippen LogP contribution is -2.44. The molecule has 2 heterocycles. The highest BCUT2D eigenvalue weighted by Gasteiger charge is 2.32. The normalized spacial score (nSPS) is 31.9. The molecule has 0 unspecified atom stereocenters. The first-order chi connectivity index (χ1) is 10.7. The van der Waals surface area contributed by atoms with Crippen molar-refractivity contribution in [3.63, 3.8) is 0 Å². The number of amides is 1. The number of nitrogens with one attached hydrogen (secondary N) is 1. The minimum Gasteiger partial charge on any atom is -0.393 e. The van der Waals surface area contributed by atoms with Gasteiger partial charge in [0.25, 0.3) is 0 Å². The van der Waals surface area contributed by atoms with Gasteiger partial charge in [0.05, 0.1) is 25.4 Å². The predicted molar refractivity (Wildman–Crippen MR) is 82.1 cm³/mol. The Morgan fingerprint density at radius 1 is 1.23 bits per heavy atom. The fourth-order valence-electron chi connectivity index (χ4n) is 3.42. The van der Waals surface area contributed by atoms with Gasteiger partial charge in [-0.25, -0.2) is 0 Å². The summed E-state index contributed by atoms with van der Waals surface area (Å²) in [4.78, 5) is 16.4.